The van der Waals surface area contributed by atoms with E-state index in [0.29, 0.717) is 28.7 Å². The van der Waals surface area contributed by atoms with Crippen LogP contribution in [0.25, 0.3) is 0 Å². The minimum atomic E-state index is -4.38. The summed E-state index contributed by atoms with van der Waals surface area (Å²) in [5.41, 5.74) is -0.156. The van der Waals surface area contributed by atoms with Crippen molar-refractivity contribution in [2.45, 2.75) is 23.5 Å². The number of nitrogens with zero attached hydrogens (tertiary/aromatic N) is 1. The Morgan fingerprint density at radius 1 is 1.31 bits per heavy atom. The van der Waals surface area contributed by atoms with E-state index in [1.54, 1.807) is 0 Å². The highest BCUT2D eigenvalue weighted by Crippen LogP contribution is 2.29. The molecule has 0 saturated carbocycles. The van der Waals surface area contributed by atoms with Gasteiger partial charge in [-0.05, 0) is 17.7 Å². The molecule has 0 unspecified atom stereocenters. The number of nitrogens with one attached hydrogen (secondary N) is 2. The average Bonchev–Trinajstić information content (AvgIpc) is 2.57. The molecule has 1 heterocycles. The Labute approximate surface area is 151 Å². The zero-order valence-electron chi connectivity index (χ0n) is 13.6. The number of thioether (sulfide) groups is 1. The molecule has 9 heteroatoms. The van der Waals surface area contributed by atoms with E-state index >= 15 is 0 Å². The standard InChI is InChI=1S/C17H16F3N3O2S/c1-2-7-21-14(24)8-13-9-15(25)23-16(22-13)26-10-11-3-5-12(6-4-11)17(18,19)20/h2-6,9H,1,7-8,10H2,(H,21,24)(H,22,23,25). The Morgan fingerprint density at radius 3 is 2.62 bits per heavy atom. The summed E-state index contributed by atoms with van der Waals surface area (Å²) in [4.78, 5) is 30.1. The van der Waals surface area contributed by atoms with E-state index < -0.39 is 17.3 Å². The van der Waals surface area contributed by atoms with Crippen molar-refractivity contribution in [1.29, 1.82) is 0 Å². The molecule has 0 radical (unpaired) electrons. The molecule has 0 aliphatic carbocycles. The van der Waals surface area contributed by atoms with Gasteiger partial charge in [-0.1, -0.05) is 30.0 Å². The van der Waals surface area contributed by atoms with Crippen molar-refractivity contribution < 1.29 is 18.0 Å². The summed E-state index contributed by atoms with van der Waals surface area (Å²) in [5.74, 6) is 0.0365. The molecule has 0 bridgehead atoms. The molecule has 0 aliphatic heterocycles. The van der Waals surface area contributed by atoms with E-state index in [9.17, 15) is 22.8 Å². The van der Waals surface area contributed by atoms with E-state index in [1.165, 1.54) is 24.3 Å². The number of carbonyl (C=O) groups is 1. The summed E-state index contributed by atoms with van der Waals surface area (Å²) in [6, 6.07) is 6.00. The maximum Gasteiger partial charge on any atom is 0.416 e. The number of carbonyl (C=O) groups excluding carboxylic acids is 1. The van der Waals surface area contributed by atoms with Crippen molar-refractivity contribution in [3.8, 4) is 0 Å². The molecular formula is C17H16F3N3O2S. The van der Waals surface area contributed by atoms with E-state index in [-0.39, 0.29) is 12.3 Å². The Hall–Kier alpha value is -2.55. The molecular weight excluding hydrogens is 367 g/mol. The van der Waals surface area contributed by atoms with Gasteiger partial charge in [0.15, 0.2) is 5.16 Å². The first-order chi connectivity index (χ1) is 12.3. The summed E-state index contributed by atoms with van der Waals surface area (Å²) >= 11 is 1.16. The van der Waals surface area contributed by atoms with Crippen LogP contribution in [0.3, 0.4) is 0 Å². The first-order valence-electron chi connectivity index (χ1n) is 7.54. The summed E-state index contributed by atoms with van der Waals surface area (Å²) < 4.78 is 37.6. The highest BCUT2D eigenvalue weighted by molar-refractivity contribution is 7.98. The zero-order chi connectivity index (χ0) is 19.2. The maximum absolute atomic E-state index is 12.5. The maximum atomic E-state index is 12.5. The van der Waals surface area contributed by atoms with Gasteiger partial charge in [-0.2, -0.15) is 13.2 Å². The van der Waals surface area contributed by atoms with E-state index in [2.05, 4.69) is 21.9 Å². The summed E-state index contributed by atoms with van der Waals surface area (Å²) in [5, 5.41) is 2.88. The predicted molar refractivity (Wildman–Crippen MR) is 92.8 cm³/mol. The quantitative estimate of drug-likeness (QED) is 0.438. The van der Waals surface area contributed by atoms with Crippen LogP contribution in [0.15, 0.2) is 52.9 Å². The summed E-state index contributed by atoms with van der Waals surface area (Å²) in [7, 11) is 0. The lowest BCUT2D eigenvalue weighted by Gasteiger charge is -2.08. The minimum Gasteiger partial charge on any atom is -0.352 e. The Kier molecular flexibility index (Phi) is 6.62. The normalized spacial score (nSPS) is 11.2. The number of rotatable bonds is 7. The van der Waals surface area contributed by atoms with Crippen LogP contribution in [-0.2, 0) is 23.1 Å². The number of benzene rings is 1. The van der Waals surface area contributed by atoms with Crippen molar-refractivity contribution in [2.24, 2.45) is 0 Å². The van der Waals surface area contributed by atoms with Crippen LogP contribution in [0.4, 0.5) is 13.2 Å². The third-order valence-electron chi connectivity index (χ3n) is 3.22. The Balaban J connectivity index is 2.02. The number of aromatic amines is 1. The number of hydrogen-bond acceptors (Lipinski definition) is 4. The molecule has 1 aromatic carbocycles. The number of aromatic nitrogens is 2. The molecule has 5 nitrogen and oxygen atoms in total. The van der Waals surface area contributed by atoms with Gasteiger partial charge in [0.2, 0.25) is 5.91 Å². The first kappa shape index (κ1) is 19.8. The highest BCUT2D eigenvalue weighted by Gasteiger charge is 2.29. The molecule has 2 N–H and O–H groups in total. The molecule has 2 aromatic rings. The van der Waals surface area contributed by atoms with E-state index in [4.69, 9.17) is 0 Å². The van der Waals surface area contributed by atoms with Crippen LogP contribution < -0.4 is 10.9 Å². The lowest BCUT2D eigenvalue weighted by Crippen LogP contribution is -2.26. The third-order valence-corrected chi connectivity index (χ3v) is 4.16. The number of halogens is 3. The molecule has 0 fully saturated rings. The number of hydrogen-bond donors (Lipinski definition) is 2. The molecule has 0 aliphatic rings. The highest BCUT2D eigenvalue weighted by atomic mass is 32.2. The lowest BCUT2D eigenvalue weighted by atomic mass is 10.1. The van der Waals surface area contributed by atoms with Gasteiger partial charge in [0, 0.05) is 18.4 Å². The summed E-state index contributed by atoms with van der Waals surface area (Å²) in [6.07, 6.45) is -2.89. The van der Waals surface area contributed by atoms with Gasteiger partial charge in [0.1, 0.15) is 0 Å². The van der Waals surface area contributed by atoms with Crippen molar-refractivity contribution in [3.63, 3.8) is 0 Å². The fraction of sp³-hybridized carbons (Fsp3) is 0.235. The van der Waals surface area contributed by atoms with Gasteiger partial charge < -0.3 is 10.3 Å². The third kappa shape index (κ3) is 6.07. The SMILES string of the molecule is C=CCNC(=O)Cc1cc(=O)[nH]c(SCc2ccc(C(F)(F)F)cc2)n1. The lowest BCUT2D eigenvalue weighted by molar-refractivity contribution is -0.137. The topological polar surface area (TPSA) is 74.8 Å². The van der Waals surface area contributed by atoms with Crippen molar-refractivity contribution in [3.05, 3.63) is 70.2 Å². The largest absolute Gasteiger partial charge is 0.416 e. The van der Waals surface area contributed by atoms with Gasteiger partial charge in [-0.25, -0.2) is 4.98 Å². The molecule has 26 heavy (non-hydrogen) atoms. The molecule has 1 amide bonds. The van der Waals surface area contributed by atoms with Crippen LogP contribution in [0.1, 0.15) is 16.8 Å². The second-order valence-corrected chi connectivity index (χ2v) is 6.26. The monoisotopic (exact) mass is 383 g/mol. The van der Waals surface area contributed by atoms with Gasteiger partial charge in [0.25, 0.3) is 5.56 Å². The fourth-order valence-electron chi connectivity index (χ4n) is 2.00. The van der Waals surface area contributed by atoms with Gasteiger partial charge in [0.05, 0.1) is 17.7 Å². The second-order valence-electron chi connectivity index (χ2n) is 5.29. The van der Waals surface area contributed by atoms with Gasteiger partial charge in [-0.3, -0.25) is 9.59 Å². The molecule has 2 rings (SSSR count). The smallest absolute Gasteiger partial charge is 0.352 e. The molecule has 0 spiro atoms. The van der Waals surface area contributed by atoms with Crippen LogP contribution >= 0.6 is 11.8 Å². The van der Waals surface area contributed by atoms with Gasteiger partial charge >= 0.3 is 6.18 Å². The average molecular weight is 383 g/mol. The van der Waals surface area contributed by atoms with Crippen LogP contribution in [0.2, 0.25) is 0 Å². The van der Waals surface area contributed by atoms with E-state index in [0.717, 1.165) is 23.9 Å². The Morgan fingerprint density at radius 2 is 2.00 bits per heavy atom. The fourth-order valence-corrected chi connectivity index (χ4v) is 2.85. The second kappa shape index (κ2) is 8.70. The van der Waals surface area contributed by atoms with Gasteiger partial charge in [-0.15, -0.1) is 6.58 Å². The Bertz CT molecular complexity index is 832. The zero-order valence-corrected chi connectivity index (χ0v) is 14.4. The van der Waals surface area contributed by atoms with Crippen LogP contribution in [-0.4, -0.2) is 22.4 Å². The van der Waals surface area contributed by atoms with Crippen LogP contribution in [0, 0.1) is 0 Å². The molecule has 0 saturated heterocycles. The van der Waals surface area contributed by atoms with Crippen molar-refractivity contribution in [1.82, 2.24) is 15.3 Å². The minimum absolute atomic E-state index is 0.0500. The van der Waals surface area contributed by atoms with Crippen LogP contribution in [0.5, 0.6) is 0 Å². The van der Waals surface area contributed by atoms with E-state index in [1.807, 2.05) is 0 Å². The predicted octanol–water partition coefficient (Wildman–Crippen LogP) is 2.93. The van der Waals surface area contributed by atoms with Crippen molar-refractivity contribution in [2.75, 3.05) is 6.54 Å². The number of alkyl halides is 3. The molecule has 138 valence electrons. The molecule has 0 atom stereocenters. The number of H-pyrrole nitrogens is 1. The van der Waals surface area contributed by atoms with Crippen molar-refractivity contribution >= 4 is 17.7 Å². The first-order valence-corrected chi connectivity index (χ1v) is 8.53. The summed E-state index contributed by atoms with van der Waals surface area (Å²) in [6.45, 7) is 3.81. The molecule has 1 aromatic heterocycles. The number of amides is 1.